The lowest BCUT2D eigenvalue weighted by Crippen LogP contribution is -2.58. The van der Waals surface area contributed by atoms with Crippen LogP contribution in [0.2, 0.25) is 0 Å². The van der Waals surface area contributed by atoms with Crippen molar-refractivity contribution < 1.29 is 44.5 Å². The van der Waals surface area contributed by atoms with E-state index in [1.54, 1.807) is 12.1 Å². The molecule has 0 amide bonds. The number of fused-ring (bicyclic) bond motifs is 1. The van der Waals surface area contributed by atoms with Gasteiger partial charge in [0.2, 0.25) is 12.0 Å². The maximum atomic E-state index is 10.3. The number of phenolic OH excluding ortho intramolecular Hbond substituents is 3. The molecule has 0 spiro atoms. The first kappa shape index (κ1) is 20.2. The van der Waals surface area contributed by atoms with Gasteiger partial charge in [0.15, 0.2) is 0 Å². The Morgan fingerprint density at radius 2 is 1.57 bits per heavy atom. The summed E-state index contributed by atoms with van der Waals surface area (Å²) in [6, 6.07) is 9.89. The van der Waals surface area contributed by atoms with Gasteiger partial charge in [0.05, 0.1) is 17.7 Å². The molecule has 1 fully saturated rings. The van der Waals surface area contributed by atoms with Crippen LogP contribution in [0.1, 0.15) is 6.92 Å². The molecule has 0 saturated carbocycles. The predicted octanol–water partition coefficient (Wildman–Crippen LogP) is 1.70. The normalized spacial score (nSPS) is 26.6. The molecule has 4 rings (SSSR count). The predicted molar refractivity (Wildman–Crippen MR) is 104 cm³/mol. The van der Waals surface area contributed by atoms with Gasteiger partial charge in [0.1, 0.15) is 40.9 Å². The Balaban J connectivity index is 1.82. The van der Waals surface area contributed by atoms with Gasteiger partial charge in [0, 0.05) is 12.1 Å². The first-order chi connectivity index (χ1) is 14.2. The van der Waals surface area contributed by atoms with E-state index in [0.717, 1.165) is 6.07 Å². The molecule has 1 aliphatic heterocycles. The van der Waals surface area contributed by atoms with E-state index in [0.29, 0.717) is 5.56 Å². The number of benzene rings is 2. The van der Waals surface area contributed by atoms with E-state index >= 15 is 0 Å². The van der Waals surface area contributed by atoms with Crippen molar-refractivity contribution in [3.63, 3.8) is 0 Å². The number of hydrogen-bond donors (Lipinski definition) is 6. The van der Waals surface area contributed by atoms with Gasteiger partial charge in [-0.25, -0.2) is 4.42 Å². The third-order valence-electron chi connectivity index (χ3n) is 5.00. The van der Waals surface area contributed by atoms with E-state index in [1.807, 2.05) is 0 Å². The van der Waals surface area contributed by atoms with Crippen molar-refractivity contribution in [2.24, 2.45) is 0 Å². The Bertz CT molecular complexity index is 1070. The van der Waals surface area contributed by atoms with Crippen LogP contribution in [0.15, 0.2) is 46.9 Å². The summed E-state index contributed by atoms with van der Waals surface area (Å²) >= 11 is 0. The zero-order valence-corrected chi connectivity index (χ0v) is 15.8. The average molecular weight is 417 g/mol. The zero-order valence-electron chi connectivity index (χ0n) is 15.8. The van der Waals surface area contributed by atoms with Crippen LogP contribution in [0.4, 0.5) is 0 Å². The molecule has 9 heteroatoms. The van der Waals surface area contributed by atoms with Crippen molar-refractivity contribution in [2.75, 3.05) is 0 Å². The second kappa shape index (κ2) is 7.62. The van der Waals surface area contributed by atoms with Crippen LogP contribution in [0.5, 0.6) is 23.0 Å². The summed E-state index contributed by atoms with van der Waals surface area (Å²) in [5, 5.41) is 60.0. The van der Waals surface area contributed by atoms with Crippen LogP contribution in [0.3, 0.4) is 0 Å². The van der Waals surface area contributed by atoms with Crippen LogP contribution in [0, 0.1) is 0 Å². The number of hydrogen-bond acceptors (Lipinski definition) is 8. The van der Waals surface area contributed by atoms with Crippen LogP contribution >= 0.6 is 0 Å². The molecular weight excluding hydrogens is 396 g/mol. The molecule has 1 aromatic heterocycles. The first-order valence-corrected chi connectivity index (χ1v) is 9.23. The molecule has 30 heavy (non-hydrogen) atoms. The fraction of sp³-hybridized carbons (Fsp3) is 0.286. The van der Waals surface area contributed by atoms with Crippen molar-refractivity contribution >= 4 is 11.0 Å². The molecule has 9 nitrogen and oxygen atoms in total. The molecule has 2 heterocycles. The van der Waals surface area contributed by atoms with Crippen molar-refractivity contribution in [1.29, 1.82) is 0 Å². The average Bonchev–Trinajstić information content (AvgIpc) is 2.71. The third-order valence-corrected chi connectivity index (χ3v) is 5.00. The highest BCUT2D eigenvalue weighted by Gasteiger charge is 2.44. The second-order valence-electron chi connectivity index (χ2n) is 7.16. The highest BCUT2D eigenvalue weighted by Crippen LogP contribution is 2.40. The Hall–Kier alpha value is -3.11. The molecule has 158 valence electrons. The largest absolute Gasteiger partial charge is 0.508 e. The summed E-state index contributed by atoms with van der Waals surface area (Å²) in [6.45, 7) is 1.52. The SMILES string of the molecule is CC1OC(Oc2cc3c(O)cc(O)cc3[o+]c2-c2ccc(O)cc2)C(O)C(O)C1O. The highest BCUT2D eigenvalue weighted by atomic mass is 16.7. The summed E-state index contributed by atoms with van der Waals surface area (Å²) in [4.78, 5) is 0. The molecule has 5 atom stereocenters. The minimum absolute atomic E-state index is 0.0364. The number of ether oxygens (including phenoxy) is 2. The second-order valence-corrected chi connectivity index (χ2v) is 7.16. The monoisotopic (exact) mass is 417 g/mol. The molecule has 1 saturated heterocycles. The summed E-state index contributed by atoms with van der Waals surface area (Å²) in [5.41, 5.74) is 0.656. The topological polar surface area (TPSA) is 151 Å². The zero-order chi connectivity index (χ0) is 21.6. The molecule has 0 bridgehead atoms. The van der Waals surface area contributed by atoms with Crippen molar-refractivity contribution in [1.82, 2.24) is 0 Å². The molecule has 6 N–H and O–H groups in total. The number of aromatic hydroxyl groups is 3. The van der Waals surface area contributed by atoms with Gasteiger partial charge in [0.25, 0.3) is 0 Å². The van der Waals surface area contributed by atoms with Gasteiger partial charge < -0.3 is 40.1 Å². The summed E-state index contributed by atoms with van der Waals surface area (Å²) in [7, 11) is 0. The first-order valence-electron chi connectivity index (χ1n) is 9.23. The van der Waals surface area contributed by atoms with Crippen LogP contribution in [-0.4, -0.2) is 61.3 Å². The van der Waals surface area contributed by atoms with Gasteiger partial charge in [-0.15, -0.1) is 0 Å². The summed E-state index contributed by atoms with van der Waals surface area (Å²) < 4.78 is 17.1. The lowest BCUT2D eigenvalue weighted by atomic mass is 10.00. The standard InChI is InChI=1S/C21H20O9/c1-9-17(25)18(26)19(27)21(28-9)30-16-8-13-14(24)6-12(23)7-15(13)29-20(16)10-2-4-11(22)5-3-10/h2-9,17-19,21,25-27H,1H3,(H2-,22,23,24)/p+1. The Kier molecular flexibility index (Phi) is 5.12. The minimum atomic E-state index is -1.55. The summed E-state index contributed by atoms with van der Waals surface area (Å²) in [5.74, 6) is -0.198. The number of phenols is 3. The molecule has 0 aliphatic carbocycles. The van der Waals surface area contributed by atoms with E-state index in [2.05, 4.69) is 0 Å². The Labute approximate surface area is 170 Å². The molecule has 2 aromatic carbocycles. The van der Waals surface area contributed by atoms with Crippen molar-refractivity contribution in [2.45, 2.75) is 37.6 Å². The highest BCUT2D eigenvalue weighted by molar-refractivity contribution is 5.88. The molecule has 1 aliphatic rings. The van der Waals surface area contributed by atoms with Crippen LogP contribution < -0.4 is 4.74 Å². The maximum absolute atomic E-state index is 10.3. The van der Waals surface area contributed by atoms with Gasteiger partial charge >= 0.3 is 11.3 Å². The van der Waals surface area contributed by atoms with Gasteiger partial charge in [-0.3, -0.25) is 0 Å². The van der Waals surface area contributed by atoms with Gasteiger partial charge in [-0.1, -0.05) is 0 Å². The fourth-order valence-corrected chi connectivity index (χ4v) is 3.32. The van der Waals surface area contributed by atoms with Gasteiger partial charge in [-0.2, -0.15) is 0 Å². The number of aliphatic hydroxyl groups is 3. The van der Waals surface area contributed by atoms with E-state index in [4.69, 9.17) is 13.9 Å². The lowest BCUT2D eigenvalue weighted by molar-refractivity contribution is -0.268. The lowest BCUT2D eigenvalue weighted by Gasteiger charge is -2.38. The van der Waals surface area contributed by atoms with Crippen molar-refractivity contribution in [3.8, 4) is 34.3 Å². The quantitative estimate of drug-likeness (QED) is 0.350. The van der Waals surface area contributed by atoms with Crippen molar-refractivity contribution in [3.05, 3.63) is 42.5 Å². The molecule has 0 radical (unpaired) electrons. The fourth-order valence-electron chi connectivity index (χ4n) is 3.32. The van der Waals surface area contributed by atoms with E-state index in [-0.39, 0.29) is 39.7 Å². The van der Waals surface area contributed by atoms with E-state index in [9.17, 15) is 30.6 Å². The third kappa shape index (κ3) is 3.59. The van der Waals surface area contributed by atoms with Gasteiger partial charge in [-0.05, 0) is 31.2 Å². The summed E-state index contributed by atoms with van der Waals surface area (Å²) in [6.07, 6.45) is -6.47. The Morgan fingerprint density at radius 1 is 0.867 bits per heavy atom. The molecule has 3 aromatic rings. The van der Waals surface area contributed by atoms with Crippen LogP contribution in [0.25, 0.3) is 22.3 Å². The molecular formula is C21H21O9+. The van der Waals surface area contributed by atoms with E-state index in [1.165, 1.54) is 31.2 Å². The number of aliphatic hydroxyl groups excluding tert-OH is 3. The minimum Gasteiger partial charge on any atom is -0.508 e. The Morgan fingerprint density at radius 3 is 2.27 bits per heavy atom. The van der Waals surface area contributed by atoms with E-state index < -0.39 is 30.7 Å². The smallest absolute Gasteiger partial charge is 0.402 e. The maximum Gasteiger partial charge on any atom is 0.402 e. The molecule has 5 unspecified atom stereocenters. The van der Waals surface area contributed by atoms with Crippen LogP contribution in [-0.2, 0) is 4.74 Å². The number of rotatable bonds is 3.